The van der Waals surface area contributed by atoms with Gasteiger partial charge in [0.15, 0.2) is 5.13 Å². The lowest BCUT2D eigenvalue weighted by molar-refractivity contribution is 0.121. The molecule has 0 aliphatic carbocycles. The van der Waals surface area contributed by atoms with Crippen molar-refractivity contribution in [1.29, 1.82) is 0 Å². The van der Waals surface area contributed by atoms with E-state index < -0.39 is 0 Å². The molecule has 4 heteroatoms. The van der Waals surface area contributed by atoms with Gasteiger partial charge in [-0.3, -0.25) is 0 Å². The lowest BCUT2D eigenvalue weighted by atomic mass is 10.3. The highest BCUT2D eigenvalue weighted by Gasteiger charge is 2.23. The van der Waals surface area contributed by atoms with Crippen molar-refractivity contribution in [1.82, 2.24) is 4.98 Å². The van der Waals surface area contributed by atoms with Gasteiger partial charge in [0.05, 0.1) is 11.8 Å². The van der Waals surface area contributed by atoms with E-state index in [1.54, 1.807) is 18.4 Å². The van der Waals surface area contributed by atoms with Gasteiger partial charge in [-0.05, 0) is 13.3 Å². The molecule has 1 fully saturated rings. The summed E-state index contributed by atoms with van der Waals surface area (Å²) in [5.41, 5.74) is 1.11. The molecule has 0 N–H and O–H groups in total. The molecule has 2 heterocycles. The van der Waals surface area contributed by atoms with Gasteiger partial charge in [0.1, 0.15) is 0 Å². The molecule has 1 atom stereocenters. The van der Waals surface area contributed by atoms with Crippen LogP contribution >= 0.6 is 11.3 Å². The molecule has 1 aliphatic heterocycles. The highest BCUT2D eigenvalue weighted by atomic mass is 32.1. The van der Waals surface area contributed by atoms with E-state index in [1.807, 2.05) is 6.92 Å². The normalized spacial score (nSPS) is 22.6. The highest BCUT2D eigenvalue weighted by Crippen LogP contribution is 2.24. The van der Waals surface area contributed by atoms with Crippen LogP contribution in [0.1, 0.15) is 12.1 Å². The third-order valence-electron chi connectivity index (χ3n) is 2.36. The summed E-state index contributed by atoms with van der Waals surface area (Å²) >= 11 is 1.72. The Hall–Kier alpha value is -0.610. The van der Waals surface area contributed by atoms with Crippen molar-refractivity contribution in [2.45, 2.75) is 19.4 Å². The topological polar surface area (TPSA) is 25.4 Å². The minimum Gasteiger partial charge on any atom is -0.380 e. The van der Waals surface area contributed by atoms with Crippen molar-refractivity contribution >= 4 is 16.5 Å². The number of thiazole rings is 1. The number of rotatable bonds is 2. The molecule has 1 aromatic heterocycles. The van der Waals surface area contributed by atoms with Crippen LogP contribution in [0.25, 0.3) is 0 Å². The second-order valence-electron chi connectivity index (χ2n) is 3.36. The van der Waals surface area contributed by atoms with Crippen LogP contribution in [0, 0.1) is 6.92 Å². The average Bonchev–Trinajstić information content (AvgIpc) is 2.71. The molecule has 1 aliphatic rings. The van der Waals surface area contributed by atoms with E-state index in [1.165, 1.54) is 0 Å². The van der Waals surface area contributed by atoms with Crippen molar-refractivity contribution in [3.05, 3.63) is 11.1 Å². The molecule has 1 saturated heterocycles. The lowest BCUT2D eigenvalue weighted by Gasteiger charge is -2.13. The molecule has 3 nitrogen and oxygen atoms in total. The second kappa shape index (κ2) is 3.64. The van der Waals surface area contributed by atoms with Gasteiger partial charge in [0.25, 0.3) is 0 Å². The monoisotopic (exact) mass is 198 g/mol. The van der Waals surface area contributed by atoms with Crippen LogP contribution in [0.5, 0.6) is 0 Å². The van der Waals surface area contributed by atoms with Gasteiger partial charge in [-0.2, -0.15) is 0 Å². The number of aryl methyl sites for hydroxylation is 1. The predicted molar refractivity (Wildman–Crippen MR) is 54.5 cm³/mol. The first-order valence-corrected chi connectivity index (χ1v) is 5.37. The Kier molecular flexibility index (Phi) is 2.51. The van der Waals surface area contributed by atoms with E-state index in [2.05, 4.69) is 15.3 Å². The van der Waals surface area contributed by atoms with Crippen LogP contribution in [0.4, 0.5) is 5.13 Å². The van der Waals surface area contributed by atoms with Crippen LogP contribution in [0.15, 0.2) is 5.38 Å². The fraction of sp³-hybridized carbons (Fsp3) is 0.667. The fourth-order valence-corrected chi connectivity index (χ4v) is 2.42. The van der Waals surface area contributed by atoms with Crippen molar-refractivity contribution in [2.75, 3.05) is 25.1 Å². The Morgan fingerprint density at radius 2 is 2.54 bits per heavy atom. The van der Waals surface area contributed by atoms with E-state index in [0.717, 1.165) is 30.3 Å². The molecule has 72 valence electrons. The fourth-order valence-electron chi connectivity index (χ4n) is 1.58. The summed E-state index contributed by atoms with van der Waals surface area (Å²) in [4.78, 5) is 6.75. The maximum Gasteiger partial charge on any atom is 0.185 e. The van der Waals surface area contributed by atoms with E-state index >= 15 is 0 Å². The summed E-state index contributed by atoms with van der Waals surface area (Å²) in [5, 5.41) is 3.23. The number of hydrogen-bond donors (Lipinski definition) is 0. The number of nitrogens with zero attached hydrogens (tertiary/aromatic N) is 2. The Morgan fingerprint density at radius 1 is 1.69 bits per heavy atom. The summed E-state index contributed by atoms with van der Waals surface area (Å²) in [5.74, 6) is 0. The first kappa shape index (κ1) is 8.97. The molecular formula is C9H14N2OS. The van der Waals surface area contributed by atoms with Crippen LogP contribution in [-0.4, -0.2) is 31.3 Å². The molecule has 13 heavy (non-hydrogen) atoms. The third kappa shape index (κ3) is 1.84. The third-order valence-corrected chi connectivity index (χ3v) is 3.38. The van der Waals surface area contributed by atoms with E-state index in [9.17, 15) is 0 Å². The van der Waals surface area contributed by atoms with Crippen LogP contribution in [-0.2, 0) is 4.74 Å². The number of ether oxygens (including phenoxy) is 1. The molecule has 0 radical (unpaired) electrons. The number of hydrogen-bond acceptors (Lipinski definition) is 4. The Balaban J connectivity index is 2.03. The van der Waals surface area contributed by atoms with Crippen LogP contribution < -0.4 is 4.90 Å². The lowest BCUT2D eigenvalue weighted by Crippen LogP contribution is -2.21. The highest BCUT2D eigenvalue weighted by molar-refractivity contribution is 7.13. The summed E-state index contributed by atoms with van der Waals surface area (Å²) in [7, 11) is 1.78. The minimum atomic E-state index is 0.393. The molecule has 2 rings (SSSR count). The summed E-state index contributed by atoms with van der Waals surface area (Å²) in [6.45, 7) is 4.10. The minimum absolute atomic E-state index is 0.393. The standard InChI is InChI=1S/C9H14N2OS/c1-7-6-13-9(10-7)11-4-3-8(5-11)12-2/h6,8H,3-5H2,1-2H3/t8-/m1/s1. The number of anilines is 1. The van der Waals surface area contributed by atoms with Crippen LogP contribution in [0.3, 0.4) is 0 Å². The molecule has 0 amide bonds. The van der Waals surface area contributed by atoms with E-state index in [4.69, 9.17) is 4.74 Å². The first-order valence-electron chi connectivity index (χ1n) is 4.49. The summed E-state index contributed by atoms with van der Waals surface area (Å²) in [6, 6.07) is 0. The molecular weight excluding hydrogens is 184 g/mol. The van der Waals surface area contributed by atoms with Gasteiger partial charge in [-0.15, -0.1) is 11.3 Å². The van der Waals surface area contributed by atoms with Crippen molar-refractivity contribution < 1.29 is 4.74 Å². The second-order valence-corrected chi connectivity index (χ2v) is 4.20. The summed E-state index contributed by atoms with van der Waals surface area (Å²) < 4.78 is 5.30. The zero-order valence-electron chi connectivity index (χ0n) is 7.99. The van der Waals surface area contributed by atoms with Crippen molar-refractivity contribution in [2.24, 2.45) is 0 Å². The zero-order valence-corrected chi connectivity index (χ0v) is 8.80. The van der Waals surface area contributed by atoms with E-state index in [0.29, 0.717) is 6.10 Å². The van der Waals surface area contributed by atoms with Gasteiger partial charge in [0.2, 0.25) is 0 Å². The smallest absolute Gasteiger partial charge is 0.185 e. The maximum absolute atomic E-state index is 5.30. The SMILES string of the molecule is CO[C@@H]1CCN(c2nc(C)cs2)C1. The van der Waals surface area contributed by atoms with Crippen LogP contribution in [0.2, 0.25) is 0 Å². The van der Waals surface area contributed by atoms with Crippen molar-refractivity contribution in [3.8, 4) is 0 Å². The zero-order chi connectivity index (χ0) is 9.26. The van der Waals surface area contributed by atoms with Gasteiger partial charge >= 0.3 is 0 Å². The van der Waals surface area contributed by atoms with Gasteiger partial charge in [0, 0.05) is 25.6 Å². The Labute approximate surface area is 82.3 Å². The molecule has 1 aromatic rings. The number of aromatic nitrogens is 1. The van der Waals surface area contributed by atoms with Crippen molar-refractivity contribution in [3.63, 3.8) is 0 Å². The average molecular weight is 198 g/mol. The summed E-state index contributed by atoms with van der Waals surface area (Å²) in [6.07, 6.45) is 1.51. The number of methoxy groups -OCH3 is 1. The quantitative estimate of drug-likeness (QED) is 0.723. The Morgan fingerprint density at radius 3 is 3.08 bits per heavy atom. The van der Waals surface area contributed by atoms with Gasteiger partial charge < -0.3 is 9.64 Å². The molecule has 0 spiro atoms. The van der Waals surface area contributed by atoms with Gasteiger partial charge in [-0.1, -0.05) is 0 Å². The maximum atomic E-state index is 5.30. The largest absolute Gasteiger partial charge is 0.380 e. The molecule has 0 unspecified atom stereocenters. The predicted octanol–water partition coefficient (Wildman–Crippen LogP) is 1.68. The molecule has 0 bridgehead atoms. The first-order chi connectivity index (χ1) is 6.29. The molecule has 0 saturated carbocycles. The molecule has 0 aromatic carbocycles. The Bertz CT molecular complexity index is 287. The van der Waals surface area contributed by atoms with E-state index in [-0.39, 0.29) is 0 Å². The van der Waals surface area contributed by atoms with Gasteiger partial charge in [-0.25, -0.2) is 4.98 Å².